The van der Waals surface area contributed by atoms with Gasteiger partial charge in [-0.25, -0.2) is 9.59 Å². The molecule has 2 N–H and O–H groups in total. The van der Waals surface area contributed by atoms with Crippen molar-refractivity contribution >= 4 is 35.1 Å². The van der Waals surface area contributed by atoms with Crippen molar-refractivity contribution in [2.75, 3.05) is 10.6 Å². The number of hydrogen-bond donors (Lipinski definition) is 2. The van der Waals surface area contributed by atoms with Crippen molar-refractivity contribution in [1.29, 1.82) is 0 Å². The minimum absolute atomic E-state index is 0.208. The van der Waals surface area contributed by atoms with Crippen LogP contribution >= 0.6 is 0 Å². The van der Waals surface area contributed by atoms with Crippen LogP contribution in [0.15, 0.2) is 72.8 Å². The number of ether oxygens (including phenoxy) is 2. The largest absolute Gasteiger partial charge is 0.454 e. The van der Waals surface area contributed by atoms with Gasteiger partial charge in [-0.05, 0) is 59.7 Å². The van der Waals surface area contributed by atoms with Crippen LogP contribution in [0.2, 0.25) is 0 Å². The Bertz CT molecular complexity index is 1180. The van der Waals surface area contributed by atoms with Crippen LogP contribution in [-0.4, -0.2) is 36.0 Å². The third-order valence-electron chi connectivity index (χ3n) is 5.77. The Kier molecular flexibility index (Phi) is 7.44. The predicted molar refractivity (Wildman–Crippen MR) is 134 cm³/mol. The second-order valence-electron chi connectivity index (χ2n) is 8.58. The van der Waals surface area contributed by atoms with E-state index in [4.69, 9.17) is 9.47 Å². The molecule has 0 bridgehead atoms. The second kappa shape index (κ2) is 10.9. The fraction of sp³-hybridized carbons (Fsp3) is 0.214. The molecule has 184 valence electrons. The fourth-order valence-corrected chi connectivity index (χ4v) is 4.08. The average molecular weight is 487 g/mol. The molecule has 0 aromatic heterocycles. The lowest BCUT2D eigenvalue weighted by atomic mass is 9.87. The highest BCUT2D eigenvalue weighted by molar-refractivity contribution is 5.93. The minimum atomic E-state index is -0.676. The van der Waals surface area contributed by atoms with E-state index in [0.29, 0.717) is 35.3 Å². The molecule has 0 fully saturated rings. The fourth-order valence-electron chi connectivity index (χ4n) is 4.08. The van der Waals surface area contributed by atoms with Gasteiger partial charge in [0.25, 0.3) is 0 Å². The molecule has 1 aliphatic carbocycles. The van der Waals surface area contributed by atoms with Gasteiger partial charge in [-0.2, -0.15) is 0 Å². The van der Waals surface area contributed by atoms with E-state index in [1.54, 1.807) is 48.5 Å². The third kappa shape index (κ3) is 6.15. The number of rotatable bonds is 6. The van der Waals surface area contributed by atoms with Gasteiger partial charge in [0.15, 0.2) is 0 Å². The molecular formula is C28H26N2O6. The first-order valence-electron chi connectivity index (χ1n) is 11.5. The van der Waals surface area contributed by atoms with Crippen molar-refractivity contribution in [3.8, 4) is 0 Å². The van der Waals surface area contributed by atoms with Gasteiger partial charge in [0.1, 0.15) is 12.2 Å². The monoisotopic (exact) mass is 486 g/mol. The number of carbonyl (C=O) groups excluding carboxylic acids is 4. The molecule has 0 aliphatic heterocycles. The molecule has 4 rings (SSSR count). The number of fused-ring (bicyclic) bond motifs is 1. The van der Waals surface area contributed by atoms with Crippen LogP contribution in [-0.2, 0) is 31.9 Å². The van der Waals surface area contributed by atoms with E-state index in [2.05, 4.69) is 10.6 Å². The van der Waals surface area contributed by atoms with Gasteiger partial charge in [-0.15, -0.1) is 0 Å². The van der Waals surface area contributed by atoms with E-state index in [0.717, 1.165) is 11.1 Å². The van der Waals surface area contributed by atoms with Crippen molar-refractivity contribution in [2.24, 2.45) is 0 Å². The third-order valence-corrected chi connectivity index (χ3v) is 5.77. The summed E-state index contributed by atoms with van der Waals surface area (Å²) in [4.78, 5) is 48.2. The molecule has 3 aromatic rings. The van der Waals surface area contributed by atoms with Crippen LogP contribution in [0.25, 0.3) is 0 Å². The lowest BCUT2D eigenvalue weighted by Crippen LogP contribution is -2.41. The van der Waals surface area contributed by atoms with Crippen molar-refractivity contribution in [3.05, 3.63) is 95.1 Å². The zero-order chi connectivity index (χ0) is 25.7. The van der Waals surface area contributed by atoms with Crippen molar-refractivity contribution in [2.45, 2.75) is 38.9 Å². The van der Waals surface area contributed by atoms with Gasteiger partial charge in [0, 0.05) is 38.1 Å². The molecule has 8 nitrogen and oxygen atoms in total. The highest BCUT2D eigenvalue weighted by atomic mass is 16.6. The molecule has 1 aliphatic rings. The molecule has 2 amide bonds. The number of anilines is 2. The maximum absolute atomic E-state index is 12.9. The van der Waals surface area contributed by atoms with Gasteiger partial charge < -0.3 is 20.1 Å². The maximum Gasteiger partial charge on any atom is 0.338 e. The Morgan fingerprint density at radius 3 is 1.31 bits per heavy atom. The summed E-state index contributed by atoms with van der Waals surface area (Å²) in [7, 11) is 0. The molecule has 2 atom stereocenters. The molecule has 0 saturated carbocycles. The molecule has 3 aromatic carbocycles. The van der Waals surface area contributed by atoms with Crippen LogP contribution < -0.4 is 10.6 Å². The zero-order valence-electron chi connectivity index (χ0n) is 19.9. The number of amides is 2. The topological polar surface area (TPSA) is 111 Å². The van der Waals surface area contributed by atoms with Gasteiger partial charge in [-0.3, -0.25) is 9.59 Å². The molecular weight excluding hydrogens is 460 g/mol. The molecule has 8 heteroatoms. The number of esters is 2. The first kappa shape index (κ1) is 24.7. The number of carbonyl (C=O) groups is 4. The lowest BCUT2D eigenvalue weighted by molar-refractivity contribution is -0.115. The Hall–Kier alpha value is -4.46. The van der Waals surface area contributed by atoms with Crippen LogP contribution in [0.1, 0.15) is 45.7 Å². The summed E-state index contributed by atoms with van der Waals surface area (Å²) >= 11 is 0. The van der Waals surface area contributed by atoms with E-state index in [1.807, 2.05) is 24.3 Å². The van der Waals surface area contributed by atoms with E-state index in [9.17, 15) is 19.2 Å². The summed E-state index contributed by atoms with van der Waals surface area (Å²) in [5, 5.41) is 5.30. The minimum Gasteiger partial charge on any atom is -0.454 e. The van der Waals surface area contributed by atoms with Crippen LogP contribution in [0.3, 0.4) is 0 Å². The number of benzene rings is 3. The van der Waals surface area contributed by atoms with E-state index < -0.39 is 24.1 Å². The molecule has 0 radical (unpaired) electrons. The highest BCUT2D eigenvalue weighted by Crippen LogP contribution is 2.27. The van der Waals surface area contributed by atoms with Gasteiger partial charge in [0.2, 0.25) is 11.8 Å². The summed E-state index contributed by atoms with van der Waals surface area (Å²) in [5.41, 5.74) is 3.85. The zero-order valence-corrected chi connectivity index (χ0v) is 19.9. The quantitative estimate of drug-likeness (QED) is 0.507. The molecule has 0 heterocycles. The lowest BCUT2D eigenvalue weighted by Gasteiger charge is -2.32. The second-order valence-corrected chi connectivity index (χ2v) is 8.58. The Balaban J connectivity index is 1.49. The molecule has 0 spiro atoms. The van der Waals surface area contributed by atoms with Crippen LogP contribution in [0.5, 0.6) is 0 Å². The smallest absolute Gasteiger partial charge is 0.338 e. The van der Waals surface area contributed by atoms with E-state index in [-0.39, 0.29) is 11.8 Å². The van der Waals surface area contributed by atoms with Gasteiger partial charge in [-0.1, -0.05) is 24.3 Å². The molecule has 0 unspecified atom stereocenters. The Labute approximate surface area is 208 Å². The van der Waals surface area contributed by atoms with Crippen molar-refractivity contribution < 1.29 is 28.7 Å². The Morgan fingerprint density at radius 1 is 0.611 bits per heavy atom. The van der Waals surface area contributed by atoms with Crippen molar-refractivity contribution in [3.63, 3.8) is 0 Å². The first-order chi connectivity index (χ1) is 17.3. The maximum atomic E-state index is 12.9. The van der Waals surface area contributed by atoms with Crippen LogP contribution in [0.4, 0.5) is 11.4 Å². The summed E-state index contributed by atoms with van der Waals surface area (Å²) in [5.74, 6) is -1.51. The number of hydrogen-bond acceptors (Lipinski definition) is 6. The standard InChI is InChI=1S/C28H26N2O6/c1-17(31)29-23-11-7-19(8-12-23)27(33)35-25-15-21-5-3-4-6-22(21)16-26(25)36-28(34)20-9-13-24(14-10-20)30-18(2)32/h3-14,25-26H,15-16H2,1-2H3,(H,29,31)(H,30,32)/t25-,26+. The predicted octanol–water partition coefficient (Wildman–Crippen LogP) is 4.15. The van der Waals surface area contributed by atoms with E-state index in [1.165, 1.54) is 13.8 Å². The normalized spacial score (nSPS) is 16.3. The summed E-state index contributed by atoms with van der Waals surface area (Å²) in [6.07, 6.45) is -0.536. The number of nitrogens with one attached hydrogen (secondary N) is 2. The molecule has 0 saturated heterocycles. The molecule has 36 heavy (non-hydrogen) atoms. The SMILES string of the molecule is CC(=O)Nc1ccc(C(=O)O[C@H]2Cc3ccccc3C[C@H]2OC(=O)c2ccc(NC(C)=O)cc2)cc1. The van der Waals surface area contributed by atoms with E-state index >= 15 is 0 Å². The summed E-state index contributed by atoms with van der Waals surface area (Å²) < 4.78 is 11.6. The highest BCUT2D eigenvalue weighted by Gasteiger charge is 2.34. The van der Waals surface area contributed by atoms with Gasteiger partial charge in [0.05, 0.1) is 11.1 Å². The Morgan fingerprint density at radius 2 is 0.972 bits per heavy atom. The van der Waals surface area contributed by atoms with Gasteiger partial charge >= 0.3 is 11.9 Å². The summed E-state index contributed by atoms with van der Waals surface area (Å²) in [6, 6.07) is 20.5. The summed E-state index contributed by atoms with van der Waals surface area (Å²) in [6.45, 7) is 2.81. The van der Waals surface area contributed by atoms with Crippen molar-refractivity contribution in [1.82, 2.24) is 0 Å². The average Bonchev–Trinajstić information content (AvgIpc) is 2.84. The first-order valence-corrected chi connectivity index (χ1v) is 11.5. The van der Waals surface area contributed by atoms with Crippen LogP contribution in [0, 0.1) is 0 Å².